The Bertz CT molecular complexity index is 428. The third-order valence-electron chi connectivity index (χ3n) is 2.36. The number of phenolic OH excluding ortho intramolecular Hbond substituents is 1. The zero-order chi connectivity index (χ0) is 13.7. The SMILES string of the molecule is COCC(Br)CN(C)C(=O)c1ccc(I)c(O)c1. The molecule has 1 rings (SSSR count). The van der Waals surface area contributed by atoms with E-state index in [-0.39, 0.29) is 16.5 Å². The largest absolute Gasteiger partial charge is 0.507 e. The molecule has 0 aromatic heterocycles. The van der Waals surface area contributed by atoms with Gasteiger partial charge in [-0.15, -0.1) is 0 Å². The van der Waals surface area contributed by atoms with Crippen molar-refractivity contribution in [1.82, 2.24) is 4.90 Å². The first-order valence-electron chi connectivity index (χ1n) is 5.32. The van der Waals surface area contributed by atoms with Crippen LogP contribution in [0.25, 0.3) is 0 Å². The van der Waals surface area contributed by atoms with Gasteiger partial charge in [-0.05, 0) is 40.8 Å². The summed E-state index contributed by atoms with van der Waals surface area (Å²) in [4.78, 5) is 13.8. The van der Waals surface area contributed by atoms with Crippen LogP contribution in [-0.4, -0.2) is 48.0 Å². The minimum Gasteiger partial charge on any atom is -0.507 e. The van der Waals surface area contributed by atoms with Crippen LogP contribution in [0.15, 0.2) is 18.2 Å². The van der Waals surface area contributed by atoms with Gasteiger partial charge in [-0.25, -0.2) is 0 Å². The molecule has 0 radical (unpaired) electrons. The van der Waals surface area contributed by atoms with Gasteiger partial charge in [0, 0.05) is 26.3 Å². The first-order chi connectivity index (χ1) is 8.45. The maximum Gasteiger partial charge on any atom is 0.253 e. The summed E-state index contributed by atoms with van der Waals surface area (Å²) in [7, 11) is 3.34. The van der Waals surface area contributed by atoms with Crippen molar-refractivity contribution in [2.24, 2.45) is 0 Å². The zero-order valence-electron chi connectivity index (χ0n) is 10.2. The molecule has 0 spiro atoms. The fourth-order valence-corrected chi connectivity index (χ4v) is 2.51. The number of alkyl halides is 1. The molecule has 0 aliphatic heterocycles. The van der Waals surface area contributed by atoms with Crippen molar-refractivity contribution in [1.29, 1.82) is 0 Å². The molecular weight excluding hydrogens is 413 g/mol. The summed E-state index contributed by atoms with van der Waals surface area (Å²) in [5, 5.41) is 9.59. The monoisotopic (exact) mass is 427 g/mol. The molecule has 0 aliphatic carbocycles. The lowest BCUT2D eigenvalue weighted by molar-refractivity contribution is 0.0783. The Kier molecular flexibility index (Phi) is 6.37. The number of amides is 1. The molecule has 1 amide bonds. The van der Waals surface area contributed by atoms with E-state index in [1.54, 1.807) is 31.2 Å². The summed E-state index contributed by atoms with van der Waals surface area (Å²) in [6.07, 6.45) is 0. The van der Waals surface area contributed by atoms with Gasteiger partial charge in [0.1, 0.15) is 5.75 Å². The predicted molar refractivity (Wildman–Crippen MR) is 82.4 cm³/mol. The predicted octanol–water partition coefficient (Wildman–Crippen LogP) is 2.48. The van der Waals surface area contributed by atoms with Crippen molar-refractivity contribution in [3.8, 4) is 5.75 Å². The standard InChI is InChI=1S/C12H15BrINO3/c1-15(6-9(13)7-18-2)12(17)8-3-4-10(14)11(16)5-8/h3-5,9,16H,6-7H2,1-2H3. The van der Waals surface area contributed by atoms with Crippen molar-refractivity contribution < 1.29 is 14.6 Å². The van der Waals surface area contributed by atoms with Crippen LogP contribution in [0.1, 0.15) is 10.4 Å². The topological polar surface area (TPSA) is 49.8 Å². The van der Waals surface area contributed by atoms with Crippen LogP contribution in [0.4, 0.5) is 0 Å². The van der Waals surface area contributed by atoms with Crippen LogP contribution in [0.2, 0.25) is 0 Å². The quantitative estimate of drug-likeness (QED) is 0.580. The van der Waals surface area contributed by atoms with Crippen molar-refractivity contribution in [3.63, 3.8) is 0 Å². The van der Waals surface area contributed by atoms with E-state index in [2.05, 4.69) is 15.9 Å². The fraction of sp³-hybridized carbons (Fsp3) is 0.417. The van der Waals surface area contributed by atoms with Crippen molar-refractivity contribution >= 4 is 44.4 Å². The summed E-state index contributed by atoms with van der Waals surface area (Å²) in [5.41, 5.74) is 0.479. The molecule has 1 unspecified atom stereocenters. The van der Waals surface area contributed by atoms with Crippen molar-refractivity contribution in [2.45, 2.75) is 4.83 Å². The number of rotatable bonds is 5. The normalized spacial score (nSPS) is 12.2. The number of methoxy groups -OCH3 is 1. The number of benzene rings is 1. The second-order valence-electron chi connectivity index (χ2n) is 3.90. The Morgan fingerprint density at radius 1 is 1.61 bits per heavy atom. The van der Waals surface area contributed by atoms with Gasteiger partial charge in [-0.3, -0.25) is 4.79 Å². The molecule has 100 valence electrons. The van der Waals surface area contributed by atoms with Gasteiger partial charge in [0.05, 0.1) is 15.0 Å². The number of halogens is 2. The Balaban J connectivity index is 2.71. The Labute approximate surface area is 129 Å². The molecule has 18 heavy (non-hydrogen) atoms. The Hall–Kier alpha value is -0.340. The van der Waals surface area contributed by atoms with E-state index in [1.165, 1.54) is 6.07 Å². The summed E-state index contributed by atoms with van der Waals surface area (Å²) < 4.78 is 5.73. The second-order valence-corrected chi connectivity index (χ2v) is 6.36. The first kappa shape index (κ1) is 15.7. The lowest BCUT2D eigenvalue weighted by Gasteiger charge is -2.20. The number of carbonyl (C=O) groups is 1. The summed E-state index contributed by atoms with van der Waals surface area (Å²) >= 11 is 5.45. The third-order valence-corrected chi connectivity index (χ3v) is 3.83. The average Bonchev–Trinajstić information content (AvgIpc) is 2.32. The summed E-state index contributed by atoms with van der Waals surface area (Å²) in [6, 6.07) is 4.91. The Morgan fingerprint density at radius 2 is 2.28 bits per heavy atom. The summed E-state index contributed by atoms with van der Waals surface area (Å²) in [6.45, 7) is 1.08. The fourth-order valence-electron chi connectivity index (χ4n) is 1.48. The lowest BCUT2D eigenvalue weighted by Crippen LogP contribution is -2.33. The molecule has 0 aliphatic rings. The molecule has 1 N–H and O–H groups in total. The van der Waals surface area contributed by atoms with Gasteiger partial charge in [-0.1, -0.05) is 15.9 Å². The average molecular weight is 428 g/mol. The molecule has 4 nitrogen and oxygen atoms in total. The zero-order valence-corrected chi connectivity index (χ0v) is 13.9. The maximum atomic E-state index is 12.1. The van der Waals surface area contributed by atoms with Crippen LogP contribution < -0.4 is 0 Å². The minimum atomic E-state index is -0.123. The number of nitrogens with zero attached hydrogens (tertiary/aromatic N) is 1. The molecule has 0 bridgehead atoms. The molecule has 6 heteroatoms. The van der Waals surface area contributed by atoms with E-state index in [1.807, 2.05) is 22.6 Å². The molecule has 1 atom stereocenters. The van der Waals surface area contributed by atoms with E-state index < -0.39 is 0 Å². The van der Waals surface area contributed by atoms with E-state index in [0.717, 1.165) is 3.57 Å². The van der Waals surface area contributed by atoms with Crippen molar-refractivity contribution in [3.05, 3.63) is 27.3 Å². The number of hydrogen-bond donors (Lipinski definition) is 1. The van der Waals surface area contributed by atoms with Crippen molar-refractivity contribution in [2.75, 3.05) is 27.3 Å². The molecule has 1 aromatic carbocycles. The number of aromatic hydroxyl groups is 1. The van der Waals surface area contributed by atoms with Crippen LogP contribution in [0.3, 0.4) is 0 Å². The molecule has 0 fully saturated rings. The number of hydrogen-bond acceptors (Lipinski definition) is 3. The lowest BCUT2D eigenvalue weighted by atomic mass is 10.2. The van der Waals surface area contributed by atoms with Crippen LogP contribution in [-0.2, 0) is 4.74 Å². The maximum absolute atomic E-state index is 12.1. The smallest absolute Gasteiger partial charge is 0.253 e. The van der Waals surface area contributed by atoms with Gasteiger partial charge in [-0.2, -0.15) is 0 Å². The Morgan fingerprint density at radius 3 is 2.83 bits per heavy atom. The number of phenols is 1. The number of ether oxygens (including phenoxy) is 1. The highest BCUT2D eigenvalue weighted by atomic mass is 127. The van der Waals surface area contributed by atoms with Gasteiger partial charge in [0.25, 0.3) is 5.91 Å². The minimum absolute atomic E-state index is 0.0916. The highest BCUT2D eigenvalue weighted by Crippen LogP contribution is 2.21. The van der Waals surface area contributed by atoms with Gasteiger partial charge < -0.3 is 14.7 Å². The van der Waals surface area contributed by atoms with E-state index >= 15 is 0 Å². The second kappa shape index (κ2) is 7.30. The third kappa shape index (κ3) is 4.40. The molecule has 1 aromatic rings. The number of carbonyl (C=O) groups excluding carboxylic acids is 1. The van der Waals surface area contributed by atoms with E-state index in [9.17, 15) is 9.90 Å². The molecular formula is C12H15BrINO3. The highest BCUT2D eigenvalue weighted by Gasteiger charge is 2.16. The van der Waals surface area contributed by atoms with Crippen LogP contribution in [0.5, 0.6) is 5.75 Å². The molecule has 0 saturated carbocycles. The van der Waals surface area contributed by atoms with Gasteiger partial charge in [0.2, 0.25) is 0 Å². The van der Waals surface area contributed by atoms with Gasteiger partial charge in [0.15, 0.2) is 0 Å². The highest BCUT2D eigenvalue weighted by molar-refractivity contribution is 14.1. The van der Waals surface area contributed by atoms with Crippen LogP contribution in [0, 0.1) is 3.57 Å². The molecule has 0 saturated heterocycles. The molecule has 0 heterocycles. The van der Waals surface area contributed by atoms with Gasteiger partial charge >= 0.3 is 0 Å². The van der Waals surface area contributed by atoms with E-state index in [4.69, 9.17) is 4.74 Å². The van der Waals surface area contributed by atoms with Crippen LogP contribution >= 0.6 is 38.5 Å². The summed E-state index contributed by atoms with van der Waals surface area (Å²) in [5.74, 6) is 0.00406. The van der Waals surface area contributed by atoms with E-state index in [0.29, 0.717) is 18.7 Å². The first-order valence-corrected chi connectivity index (χ1v) is 7.32.